The van der Waals surface area contributed by atoms with Gasteiger partial charge in [0.15, 0.2) is 5.96 Å². The molecule has 27 heavy (non-hydrogen) atoms. The zero-order valence-corrected chi connectivity index (χ0v) is 19.1. The summed E-state index contributed by atoms with van der Waals surface area (Å²) < 4.78 is 5.19. The molecule has 0 atom stereocenters. The Morgan fingerprint density at radius 2 is 2.04 bits per heavy atom. The Bertz CT molecular complexity index is 630. The maximum Gasteiger partial charge on any atom is 0.194 e. The zero-order valence-electron chi connectivity index (χ0n) is 16.7. The molecule has 6 nitrogen and oxygen atoms in total. The Kier molecular flexibility index (Phi) is 7.05. The molecule has 1 saturated heterocycles. The molecule has 152 valence electrons. The fourth-order valence-corrected chi connectivity index (χ4v) is 4.52. The summed E-state index contributed by atoms with van der Waals surface area (Å²) >= 11 is 0. The second-order valence-electron chi connectivity index (χ2n) is 8.35. The van der Waals surface area contributed by atoms with Crippen LogP contribution in [0.2, 0.25) is 0 Å². The summed E-state index contributed by atoms with van der Waals surface area (Å²) in [6, 6.07) is 2.04. The Hall–Kier alpha value is -0.830. The van der Waals surface area contributed by atoms with Gasteiger partial charge in [-0.2, -0.15) is 0 Å². The number of rotatable bonds is 6. The van der Waals surface area contributed by atoms with Gasteiger partial charge in [-0.1, -0.05) is 11.6 Å². The molecule has 3 aliphatic rings. The van der Waals surface area contributed by atoms with E-state index in [9.17, 15) is 0 Å². The van der Waals surface area contributed by atoms with Crippen molar-refractivity contribution >= 4 is 29.9 Å². The molecule has 0 aromatic carbocycles. The van der Waals surface area contributed by atoms with Crippen molar-refractivity contribution in [2.24, 2.45) is 16.3 Å². The Morgan fingerprint density at radius 3 is 2.56 bits per heavy atom. The number of hydrogen-bond donors (Lipinski definition) is 1. The van der Waals surface area contributed by atoms with Crippen LogP contribution in [0, 0.1) is 18.3 Å². The van der Waals surface area contributed by atoms with Gasteiger partial charge in [-0.05, 0) is 50.9 Å². The summed E-state index contributed by atoms with van der Waals surface area (Å²) in [6.45, 7) is 11.1. The molecule has 0 spiro atoms. The summed E-state index contributed by atoms with van der Waals surface area (Å²) in [4.78, 5) is 9.98. The first kappa shape index (κ1) is 20.9. The number of piperazine rings is 1. The minimum atomic E-state index is 0. The third-order valence-electron chi connectivity index (χ3n) is 6.41. The molecule has 0 amide bonds. The van der Waals surface area contributed by atoms with E-state index in [0.29, 0.717) is 5.41 Å². The van der Waals surface area contributed by atoms with E-state index in [1.165, 1.54) is 32.1 Å². The molecular formula is C20H34IN5O. The van der Waals surface area contributed by atoms with Gasteiger partial charge in [0.1, 0.15) is 5.76 Å². The minimum absolute atomic E-state index is 0. The Morgan fingerprint density at radius 1 is 1.30 bits per heavy atom. The van der Waals surface area contributed by atoms with Crippen molar-refractivity contribution in [2.75, 3.05) is 39.3 Å². The first-order chi connectivity index (χ1) is 12.7. The highest BCUT2D eigenvalue weighted by atomic mass is 127. The number of halogens is 1. The van der Waals surface area contributed by atoms with Crippen LogP contribution in [-0.2, 0) is 6.54 Å². The molecule has 0 radical (unpaired) electrons. The van der Waals surface area contributed by atoms with Crippen LogP contribution in [0.1, 0.15) is 50.5 Å². The molecule has 7 heteroatoms. The van der Waals surface area contributed by atoms with Gasteiger partial charge < -0.3 is 14.7 Å². The Balaban J connectivity index is 0.00000210. The number of aliphatic imine (C=N–C) groups is 1. The standard InChI is InChI=1S/C20H33N5O.HI/c1-3-21-19(22-15-20(7-4-8-20)17-5-6-17)25-11-9-24(10-12-25)14-18-13-16(2)26-23-18;/h13,17H,3-12,14-15H2,1-2H3,(H,21,22);1H. The van der Waals surface area contributed by atoms with Crippen molar-refractivity contribution in [1.82, 2.24) is 20.3 Å². The van der Waals surface area contributed by atoms with Crippen LogP contribution in [0.5, 0.6) is 0 Å². The molecule has 2 saturated carbocycles. The van der Waals surface area contributed by atoms with Crippen molar-refractivity contribution in [3.63, 3.8) is 0 Å². The van der Waals surface area contributed by atoms with E-state index in [2.05, 4.69) is 27.2 Å². The molecule has 1 aliphatic heterocycles. The third kappa shape index (κ3) is 4.96. The number of nitrogens with zero attached hydrogens (tertiary/aromatic N) is 4. The maximum absolute atomic E-state index is 5.19. The number of aromatic nitrogens is 1. The van der Waals surface area contributed by atoms with E-state index >= 15 is 0 Å². The predicted molar refractivity (Wildman–Crippen MR) is 118 cm³/mol. The van der Waals surface area contributed by atoms with Crippen LogP contribution in [0.4, 0.5) is 0 Å². The van der Waals surface area contributed by atoms with Crippen LogP contribution in [0.15, 0.2) is 15.6 Å². The van der Waals surface area contributed by atoms with E-state index in [1.54, 1.807) is 0 Å². The van der Waals surface area contributed by atoms with Crippen LogP contribution < -0.4 is 5.32 Å². The van der Waals surface area contributed by atoms with Crippen molar-refractivity contribution in [1.29, 1.82) is 0 Å². The van der Waals surface area contributed by atoms with Gasteiger partial charge in [-0.25, -0.2) is 0 Å². The molecule has 1 aromatic rings. The lowest BCUT2D eigenvalue weighted by Crippen LogP contribution is -2.52. The molecule has 4 rings (SSSR count). The molecular weight excluding hydrogens is 453 g/mol. The van der Waals surface area contributed by atoms with Crippen molar-refractivity contribution in [2.45, 2.75) is 52.5 Å². The second-order valence-corrected chi connectivity index (χ2v) is 8.35. The SMILES string of the molecule is CCNC(=NCC1(C2CC2)CCC1)N1CCN(Cc2cc(C)on2)CC1.I. The average Bonchev–Trinajstić information content (AvgIpc) is 3.37. The molecule has 1 N–H and O–H groups in total. The molecule has 1 aromatic heterocycles. The van der Waals surface area contributed by atoms with E-state index in [4.69, 9.17) is 9.52 Å². The third-order valence-corrected chi connectivity index (χ3v) is 6.41. The van der Waals surface area contributed by atoms with Crippen molar-refractivity contribution in [3.8, 4) is 0 Å². The van der Waals surface area contributed by atoms with E-state index in [0.717, 1.165) is 69.1 Å². The summed E-state index contributed by atoms with van der Waals surface area (Å²) in [5, 5.41) is 7.65. The molecule has 0 bridgehead atoms. The normalized spacial score (nSPS) is 22.9. The van der Waals surface area contributed by atoms with E-state index < -0.39 is 0 Å². The van der Waals surface area contributed by atoms with Crippen LogP contribution in [-0.4, -0.2) is 60.2 Å². The molecule has 0 unspecified atom stereocenters. The minimum Gasteiger partial charge on any atom is -0.361 e. The van der Waals surface area contributed by atoms with Crippen LogP contribution >= 0.6 is 24.0 Å². The summed E-state index contributed by atoms with van der Waals surface area (Å²) in [5.41, 5.74) is 1.58. The van der Waals surface area contributed by atoms with Gasteiger partial charge in [0.25, 0.3) is 0 Å². The van der Waals surface area contributed by atoms with Crippen molar-refractivity contribution in [3.05, 3.63) is 17.5 Å². The fourth-order valence-electron chi connectivity index (χ4n) is 4.52. The lowest BCUT2D eigenvalue weighted by Gasteiger charge is -2.42. The van der Waals surface area contributed by atoms with Gasteiger partial charge in [-0.3, -0.25) is 9.89 Å². The van der Waals surface area contributed by atoms with Gasteiger partial charge in [0.2, 0.25) is 0 Å². The maximum atomic E-state index is 5.19. The molecule has 2 aliphatic carbocycles. The highest BCUT2D eigenvalue weighted by Gasteiger charge is 2.48. The zero-order chi connectivity index (χ0) is 18.0. The van der Waals surface area contributed by atoms with E-state index in [-0.39, 0.29) is 24.0 Å². The number of guanidine groups is 1. The quantitative estimate of drug-likeness (QED) is 0.379. The van der Waals surface area contributed by atoms with Gasteiger partial charge >= 0.3 is 0 Å². The highest BCUT2D eigenvalue weighted by molar-refractivity contribution is 14.0. The highest BCUT2D eigenvalue weighted by Crippen LogP contribution is 2.57. The first-order valence-corrected chi connectivity index (χ1v) is 10.4. The fraction of sp³-hybridized carbons (Fsp3) is 0.800. The summed E-state index contributed by atoms with van der Waals surface area (Å²) in [7, 11) is 0. The monoisotopic (exact) mass is 487 g/mol. The van der Waals surface area contributed by atoms with Gasteiger partial charge in [0, 0.05) is 51.9 Å². The van der Waals surface area contributed by atoms with Gasteiger partial charge in [0.05, 0.1) is 5.69 Å². The first-order valence-electron chi connectivity index (χ1n) is 10.4. The van der Waals surface area contributed by atoms with Crippen LogP contribution in [0.25, 0.3) is 0 Å². The molecule has 2 heterocycles. The number of hydrogen-bond acceptors (Lipinski definition) is 4. The smallest absolute Gasteiger partial charge is 0.194 e. The van der Waals surface area contributed by atoms with Gasteiger partial charge in [-0.15, -0.1) is 24.0 Å². The van der Waals surface area contributed by atoms with E-state index in [1.807, 2.05) is 13.0 Å². The van der Waals surface area contributed by atoms with Crippen molar-refractivity contribution < 1.29 is 4.52 Å². The number of nitrogens with one attached hydrogen (secondary N) is 1. The summed E-state index contributed by atoms with van der Waals surface area (Å²) in [5.74, 6) is 2.97. The largest absolute Gasteiger partial charge is 0.361 e. The molecule has 3 fully saturated rings. The second kappa shape index (κ2) is 9.11. The predicted octanol–water partition coefficient (Wildman–Crippen LogP) is 3.26. The Labute approximate surface area is 180 Å². The lowest BCUT2D eigenvalue weighted by molar-refractivity contribution is 0.112. The lowest BCUT2D eigenvalue weighted by atomic mass is 9.65. The average molecular weight is 487 g/mol. The number of aryl methyl sites for hydroxylation is 1. The summed E-state index contributed by atoms with van der Waals surface area (Å²) in [6.07, 6.45) is 7.07. The van der Waals surface area contributed by atoms with Crippen LogP contribution in [0.3, 0.4) is 0 Å². The topological polar surface area (TPSA) is 56.9 Å².